The van der Waals surface area contributed by atoms with Crippen molar-refractivity contribution in [1.29, 1.82) is 5.26 Å². The van der Waals surface area contributed by atoms with Gasteiger partial charge in [-0.2, -0.15) is 10.4 Å². The molecule has 1 heterocycles. The van der Waals surface area contributed by atoms with Crippen molar-refractivity contribution < 1.29 is 0 Å². The van der Waals surface area contributed by atoms with Crippen LogP contribution in [0.3, 0.4) is 0 Å². The second-order valence-corrected chi connectivity index (χ2v) is 2.71. The van der Waals surface area contributed by atoms with E-state index < -0.39 is 0 Å². The van der Waals surface area contributed by atoms with Crippen LogP contribution in [0.4, 0.5) is 0 Å². The Hall–Kier alpha value is -1.30. The fourth-order valence-electron chi connectivity index (χ4n) is 1.00. The molecule has 0 spiro atoms. The molecule has 0 bridgehead atoms. The minimum absolute atomic E-state index is 0.520. The summed E-state index contributed by atoms with van der Waals surface area (Å²) in [4.78, 5) is 0. The zero-order chi connectivity index (χ0) is 8.81. The van der Waals surface area contributed by atoms with Crippen molar-refractivity contribution in [3.63, 3.8) is 0 Å². The molecule has 63 valence electrons. The quantitative estimate of drug-likeness (QED) is 0.633. The number of hydrogen-bond acceptors (Lipinski definition) is 2. The number of nitrogens with zero attached hydrogens (tertiary/aromatic N) is 3. The monoisotopic (exact) mass is 162 g/mol. The molecule has 0 unspecified atom stereocenters. The third-order valence-electron chi connectivity index (χ3n) is 1.67. The molecule has 1 rings (SSSR count). The average molecular weight is 162 g/mol. The molecule has 0 saturated carbocycles. The van der Waals surface area contributed by atoms with Gasteiger partial charge < -0.3 is 0 Å². The minimum atomic E-state index is 0.520. The smallest absolute Gasteiger partial charge is 0.105 e. The van der Waals surface area contributed by atoms with Crippen molar-refractivity contribution in [3.05, 3.63) is 18.0 Å². The molecule has 1 aromatic heterocycles. The average Bonchev–Trinajstić information content (AvgIpc) is 2.53. The Morgan fingerprint density at radius 1 is 1.67 bits per heavy atom. The third-order valence-corrected chi connectivity index (χ3v) is 1.67. The Morgan fingerprint density at radius 3 is 3.08 bits per heavy atom. The van der Waals surface area contributed by atoms with Gasteiger partial charge in [-0.15, -0.1) is 0 Å². The van der Waals surface area contributed by atoms with Gasteiger partial charge in [-0.1, -0.05) is 19.8 Å². The van der Waals surface area contributed by atoms with Gasteiger partial charge in [-0.3, -0.25) is 4.68 Å². The Morgan fingerprint density at radius 2 is 2.50 bits per heavy atom. The lowest BCUT2D eigenvalue weighted by Crippen LogP contribution is -1.97. The summed E-state index contributed by atoms with van der Waals surface area (Å²) in [6.07, 6.45) is 7.93. The maximum atomic E-state index is 8.49. The molecule has 12 heavy (non-hydrogen) atoms. The van der Waals surface area contributed by atoms with Gasteiger partial charge in [0.15, 0.2) is 0 Å². The Balaban J connectivity index is 2.38. The fourth-order valence-corrected chi connectivity index (χ4v) is 1.00. The lowest BCUT2D eigenvalue weighted by atomic mass is 10.2. The highest BCUT2D eigenvalue weighted by atomic mass is 15.3. The van der Waals surface area contributed by atoms with Crippen LogP contribution in [0.15, 0.2) is 6.20 Å². The van der Waals surface area contributed by atoms with Crippen LogP contribution < -0.4 is 0 Å². The van der Waals surface area contributed by atoms with Crippen molar-refractivity contribution in [3.8, 4) is 6.07 Å². The maximum Gasteiger partial charge on any atom is 0.105 e. The predicted molar refractivity (Wildman–Crippen MR) is 45.3 cm³/mol. The normalized spacial score (nSPS) is 9.67. The van der Waals surface area contributed by atoms with E-state index in [4.69, 9.17) is 5.26 Å². The first-order chi connectivity index (χ1) is 5.86. The molecule has 0 atom stereocenters. The highest BCUT2D eigenvalue weighted by molar-refractivity contribution is 5.20. The van der Waals surface area contributed by atoms with Crippen molar-refractivity contribution in [2.45, 2.75) is 32.7 Å². The highest BCUT2D eigenvalue weighted by Crippen LogP contribution is 1.99. The number of hydrogen-bond donors (Lipinski definition) is 0. The fraction of sp³-hybridized carbons (Fsp3) is 0.556. The Labute approximate surface area is 72.6 Å². The lowest BCUT2D eigenvalue weighted by molar-refractivity contribution is 0.550. The first-order valence-electron chi connectivity index (χ1n) is 4.22. The molecule has 3 heteroatoms. The molecule has 0 N–H and O–H groups in total. The largest absolute Gasteiger partial charge is 0.262 e. The van der Waals surface area contributed by atoms with Gasteiger partial charge >= 0.3 is 0 Å². The second-order valence-electron chi connectivity index (χ2n) is 2.71. The van der Waals surface area contributed by atoms with E-state index in [0.29, 0.717) is 5.56 Å². The predicted octanol–water partition coefficient (Wildman–Crippen LogP) is 1.75. The Kier molecular flexibility index (Phi) is 3.34. The van der Waals surface area contributed by atoms with E-state index in [0.717, 1.165) is 13.0 Å². The summed E-state index contributed by atoms with van der Waals surface area (Å²) >= 11 is 0. The summed E-state index contributed by atoms with van der Waals surface area (Å²) in [5, 5.41) is 12.5. The summed E-state index contributed by atoms with van der Waals surface area (Å²) in [5.41, 5.74) is 0.520. The van der Waals surface area contributed by atoms with E-state index in [2.05, 4.69) is 18.2 Å². The molecule has 0 aliphatic rings. The summed E-state index contributed by atoms with van der Waals surface area (Å²) in [7, 11) is 0. The molecule has 1 radical (unpaired) electrons. The minimum Gasteiger partial charge on any atom is -0.262 e. The Bertz CT molecular complexity index is 270. The topological polar surface area (TPSA) is 41.6 Å². The third kappa shape index (κ3) is 2.39. The summed E-state index contributed by atoms with van der Waals surface area (Å²) in [5.74, 6) is 0. The molecule has 1 aromatic rings. The molecule has 0 aliphatic heterocycles. The van der Waals surface area contributed by atoms with Crippen LogP contribution in [0.5, 0.6) is 0 Å². The standard InChI is InChI=1S/C9H12N3/c1-2-3-4-5-12-8-9(6-10)7-11-12/h7H,2-5H2,1H3. The van der Waals surface area contributed by atoms with Crippen LogP contribution >= 0.6 is 0 Å². The molecule has 0 saturated heterocycles. The highest BCUT2D eigenvalue weighted by Gasteiger charge is 1.96. The molecule has 0 fully saturated rings. The van der Waals surface area contributed by atoms with Crippen LogP contribution in [0.2, 0.25) is 0 Å². The molecule has 0 amide bonds. The van der Waals surface area contributed by atoms with Crippen molar-refractivity contribution >= 4 is 0 Å². The number of rotatable bonds is 4. The molecular weight excluding hydrogens is 150 g/mol. The van der Waals surface area contributed by atoms with Gasteiger partial charge in [-0.25, -0.2) is 0 Å². The van der Waals surface area contributed by atoms with Gasteiger partial charge in [0.2, 0.25) is 0 Å². The number of nitriles is 1. The van der Waals surface area contributed by atoms with Crippen LogP contribution in [0.1, 0.15) is 31.7 Å². The first kappa shape index (κ1) is 8.79. The molecule has 0 aromatic carbocycles. The van der Waals surface area contributed by atoms with Gasteiger partial charge in [-0.05, 0) is 6.42 Å². The van der Waals surface area contributed by atoms with E-state index >= 15 is 0 Å². The van der Waals surface area contributed by atoms with Gasteiger partial charge in [0.1, 0.15) is 12.3 Å². The number of aromatic nitrogens is 2. The molecule has 0 aliphatic carbocycles. The zero-order valence-corrected chi connectivity index (χ0v) is 7.25. The summed E-state index contributed by atoms with van der Waals surface area (Å²) in [6.45, 7) is 3.03. The van der Waals surface area contributed by atoms with Crippen LogP contribution in [0.25, 0.3) is 0 Å². The van der Waals surface area contributed by atoms with Gasteiger partial charge in [0.05, 0.1) is 11.8 Å². The molecular formula is C9H12N3. The maximum absolute atomic E-state index is 8.49. The van der Waals surface area contributed by atoms with Gasteiger partial charge in [0.25, 0.3) is 0 Å². The lowest BCUT2D eigenvalue weighted by Gasteiger charge is -1.97. The molecule has 3 nitrogen and oxygen atoms in total. The summed E-state index contributed by atoms with van der Waals surface area (Å²) in [6, 6.07) is 2.00. The summed E-state index contributed by atoms with van der Waals surface area (Å²) < 4.78 is 1.70. The number of aryl methyl sites for hydroxylation is 1. The van der Waals surface area contributed by atoms with E-state index in [1.54, 1.807) is 10.9 Å². The number of unbranched alkanes of at least 4 members (excludes halogenated alkanes) is 2. The SMILES string of the molecule is CCCCCn1[c]c(C#N)cn1. The van der Waals surface area contributed by atoms with E-state index in [1.165, 1.54) is 12.8 Å². The zero-order valence-electron chi connectivity index (χ0n) is 7.25. The van der Waals surface area contributed by atoms with E-state index in [1.807, 2.05) is 6.07 Å². The van der Waals surface area contributed by atoms with Crippen LogP contribution in [-0.4, -0.2) is 9.78 Å². The van der Waals surface area contributed by atoms with Crippen molar-refractivity contribution in [2.75, 3.05) is 0 Å². The van der Waals surface area contributed by atoms with Crippen LogP contribution in [0, 0.1) is 17.5 Å². The van der Waals surface area contributed by atoms with Gasteiger partial charge in [0, 0.05) is 6.54 Å². The van der Waals surface area contributed by atoms with Crippen molar-refractivity contribution in [1.82, 2.24) is 9.78 Å². The van der Waals surface area contributed by atoms with E-state index in [-0.39, 0.29) is 0 Å². The first-order valence-corrected chi connectivity index (χ1v) is 4.22. The van der Waals surface area contributed by atoms with Crippen molar-refractivity contribution in [2.24, 2.45) is 0 Å². The van der Waals surface area contributed by atoms with Crippen LogP contribution in [-0.2, 0) is 6.54 Å². The second kappa shape index (κ2) is 4.55. The van der Waals surface area contributed by atoms with E-state index in [9.17, 15) is 0 Å².